The lowest BCUT2D eigenvalue weighted by Gasteiger charge is -2.24. The van der Waals surface area contributed by atoms with Crippen LogP contribution in [0.25, 0.3) is 0 Å². The molecule has 3 rings (SSSR count). The van der Waals surface area contributed by atoms with Crippen LogP contribution in [0, 0.1) is 20.8 Å². The topological polar surface area (TPSA) is 62.4 Å². The van der Waals surface area contributed by atoms with Crippen LogP contribution >= 0.6 is 0 Å². The minimum atomic E-state index is -0.366. The molecule has 0 spiro atoms. The molecule has 0 saturated heterocycles. The molecule has 0 unspecified atom stereocenters. The van der Waals surface area contributed by atoms with Crippen molar-refractivity contribution in [1.82, 2.24) is 9.88 Å². The van der Waals surface area contributed by atoms with E-state index in [4.69, 9.17) is 4.74 Å². The summed E-state index contributed by atoms with van der Waals surface area (Å²) >= 11 is 0. The summed E-state index contributed by atoms with van der Waals surface area (Å²) in [7, 11) is 0. The van der Waals surface area contributed by atoms with Crippen molar-refractivity contribution in [2.75, 3.05) is 6.61 Å². The summed E-state index contributed by atoms with van der Waals surface area (Å²) in [6.07, 6.45) is 0.333. The Morgan fingerprint density at radius 2 is 1.58 bits per heavy atom. The molecule has 31 heavy (non-hydrogen) atoms. The number of rotatable bonds is 8. The molecule has 1 heterocycles. The van der Waals surface area contributed by atoms with Gasteiger partial charge < -0.3 is 14.6 Å². The van der Waals surface area contributed by atoms with Crippen molar-refractivity contribution in [2.45, 2.75) is 47.2 Å². The Hall–Kier alpha value is -3.34. The van der Waals surface area contributed by atoms with E-state index in [0.29, 0.717) is 31.8 Å². The zero-order valence-corrected chi connectivity index (χ0v) is 18.7. The molecule has 0 saturated carbocycles. The highest BCUT2D eigenvalue weighted by Crippen LogP contribution is 2.22. The molecule has 3 aromatic rings. The summed E-state index contributed by atoms with van der Waals surface area (Å²) in [5.74, 6) is -0.320. The maximum absolute atomic E-state index is 13.3. The second-order valence-electron chi connectivity index (χ2n) is 7.85. The normalized spacial score (nSPS) is 10.7. The Balaban J connectivity index is 1.88. The summed E-state index contributed by atoms with van der Waals surface area (Å²) in [5.41, 5.74) is 6.36. The molecule has 0 aliphatic heterocycles. The van der Waals surface area contributed by atoms with Crippen LogP contribution in [0.3, 0.4) is 0 Å². The number of ether oxygens (including phenoxy) is 1. The number of hydrogen-bond acceptors (Lipinski definition) is 3. The fraction of sp³-hybridized carbons (Fsp3) is 0.308. The molecule has 5 heteroatoms. The van der Waals surface area contributed by atoms with Crippen LogP contribution in [0.1, 0.15) is 50.9 Å². The van der Waals surface area contributed by atoms with Crippen LogP contribution in [-0.4, -0.2) is 28.4 Å². The van der Waals surface area contributed by atoms with Gasteiger partial charge in [-0.1, -0.05) is 60.2 Å². The van der Waals surface area contributed by atoms with E-state index in [1.165, 1.54) is 5.56 Å². The first kappa shape index (κ1) is 22.3. The van der Waals surface area contributed by atoms with E-state index in [1.807, 2.05) is 56.0 Å². The Morgan fingerprint density at radius 1 is 0.903 bits per heavy atom. The van der Waals surface area contributed by atoms with Crippen molar-refractivity contribution >= 4 is 11.9 Å². The average Bonchev–Trinajstić information content (AvgIpc) is 3.04. The molecule has 1 aromatic heterocycles. The highest BCUT2D eigenvalue weighted by Gasteiger charge is 2.22. The molecule has 0 fully saturated rings. The second-order valence-corrected chi connectivity index (χ2v) is 7.85. The van der Waals surface area contributed by atoms with Gasteiger partial charge in [0, 0.05) is 18.8 Å². The predicted molar refractivity (Wildman–Crippen MR) is 122 cm³/mol. The number of hydrogen-bond donors (Lipinski definition) is 1. The zero-order valence-electron chi connectivity index (χ0n) is 18.7. The number of H-pyrrole nitrogens is 1. The van der Waals surface area contributed by atoms with Crippen LogP contribution in [0.5, 0.6) is 0 Å². The minimum absolute atomic E-state index is 0.0458. The summed E-state index contributed by atoms with van der Waals surface area (Å²) in [4.78, 5) is 30.6. The van der Waals surface area contributed by atoms with E-state index in [0.717, 1.165) is 27.9 Å². The fourth-order valence-corrected chi connectivity index (χ4v) is 3.65. The van der Waals surface area contributed by atoms with Gasteiger partial charge in [0.1, 0.15) is 5.69 Å². The molecule has 0 aliphatic rings. The first-order valence-corrected chi connectivity index (χ1v) is 10.6. The summed E-state index contributed by atoms with van der Waals surface area (Å²) < 4.78 is 5.16. The third-order valence-corrected chi connectivity index (χ3v) is 5.47. The maximum atomic E-state index is 13.3. The third kappa shape index (κ3) is 5.63. The monoisotopic (exact) mass is 418 g/mol. The van der Waals surface area contributed by atoms with Gasteiger partial charge in [0.2, 0.25) is 5.91 Å². The van der Waals surface area contributed by atoms with E-state index in [-0.39, 0.29) is 11.9 Å². The van der Waals surface area contributed by atoms with E-state index in [2.05, 4.69) is 29.2 Å². The van der Waals surface area contributed by atoms with Gasteiger partial charge in [-0.3, -0.25) is 4.79 Å². The van der Waals surface area contributed by atoms with Crippen molar-refractivity contribution < 1.29 is 14.3 Å². The lowest BCUT2D eigenvalue weighted by molar-refractivity contribution is -0.131. The summed E-state index contributed by atoms with van der Waals surface area (Å²) in [5, 5.41) is 0. The van der Waals surface area contributed by atoms with Crippen LogP contribution in [0.2, 0.25) is 0 Å². The second kappa shape index (κ2) is 10.1. The number of amides is 1. The zero-order chi connectivity index (χ0) is 22.4. The Morgan fingerprint density at radius 3 is 2.23 bits per heavy atom. The maximum Gasteiger partial charge on any atom is 0.355 e. The van der Waals surface area contributed by atoms with E-state index in [1.54, 1.807) is 6.92 Å². The van der Waals surface area contributed by atoms with Gasteiger partial charge in [0.05, 0.1) is 13.0 Å². The number of aromatic nitrogens is 1. The number of nitrogens with one attached hydrogen (secondary N) is 1. The number of aromatic amines is 1. The van der Waals surface area contributed by atoms with E-state index < -0.39 is 0 Å². The molecule has 1 amide bonds. The molecule has 2 aromatic carbocycles. The molecular formula is C26H30N2O3. The highest BCUT2D eigenvalue weighted by atomic mass is 16.5. The van der Waals surface area contributed by atoms with Gasteiger partial charge in [-0.2, -0.15) is 0 Å². The molecule has 1 N–H and O–H groups in total. The lowest BCUT2D eigenvalue weighted by Crippen LogP contribution is -2.31. The van der Waals surface area contributed by atoms with Gasteiger partial charge >= 0.3 is 5.97 Å². The number of carbonyl (C=O) groups is 2. The number of benzene rings is 2. The highest BCUT2D eigenvalue weighted by molar-refractivity contribution is 5.90. The smallest absolute Gasteiger partial charge is 0.355 e. The predicted octanol–water partition coefficient (Wildman–Crippen LogP) is 4.89. The first-order valence-electron chi connectivity index (χ1n) is 10.6. The van der Waals surface area contributed by atoms with Crippen LogP contribution in [-0.2, 0) is 29.0 Å². The van der Waals surface area contributed by atoms with Crippen molar-refractivity contribution in [3.63, 3.8) is 0 Å². The van der Waals surface area contributed by atoms with E-state index >= 15 is 0 Å². The molecule has 0 aliphatic carbocycles. The van der Waals surface area contributed by atoms with Crippen LogP contribution in [0.15, 0.2) is 54.6 Å². The summed E-state index contributed by atoms with van der Waals surface area (Å²) in [6.45, 7) is 8.91. The Kier molecular flexibility index (Phi) is 7.29. The molecule has 0 bridgehead atoms. The molecule has 0 radical (unpaired) electrons. The SMILES string of the molecule is CCOC(=O)c1[nH]c(C)c(CN(Cc2ccc(C)cc2)C(=O)Cc2ccccc2)c1C. The number of carbonyl (C=O) groups excluding carboxylic acids is 2. The quantitative estimate of drug-likeness (QED) is 0.530. The van der Waals surface area contributed by atoms with Gasteiger partial charge in [-0.05, 0) is 49.9 Å². The summed E-state index contributed by atoms with van der Waals surface area (Å²) in [6, 6.07) is 18.0. The van der Waals surface area contributed by atoms with Crippen molar-refractivity contribution in [2.24, 2.45) is 0 Å². The van der Waals surface area contributed by atoms with Crippen molar-refractivity contribution in [3.8, 4) is 0 Å². The van der Waals surface area contributed by atoms with Crippen molar-refractivity contribution in [3.05, 3.63) is 93.8 Å². The van der Waals surface area contributed by atoms with Gasteiger partial charge in [0.25, 0.3) is 0 Å². The van der Waals surface area contributed by atoms with E-state index in [9.17, 15) is 9.59 Å². The Labute approximate surface area is 184 Å². The van der Waals surface area contributed by atoms with Crippen molar-refractivity contribution in [1.29, 1.82) is 0 Å². The first-order chi connectivity index (χ1) is 14.9. The van der Waals surface area contributed by atoms with Crippen LogP contribution in [0.4, 0.5) is 0 Å². The Bertz CT molecular complexity index is 1040. The molecule has 162 valence electrons. The minimum Gasteiger partial charge on any atom is -0.461 e. The fourth-order valence-electron chi connectivity index (χ4n) is 3.65. The standard InChI is InChI=1S/C26H30N2O3/c1-5-31-26(30)25-19(3)23(20(4)27-25)17-28(16-22-13-11-18(2)12-14-22)24(29)15-21-9-7-6-8-10-21/h6-14,27H,5,15-17H2,1-4H3. The van der Waals surface area contributed by atoms with Gasteiger partial charge in [0.15, 0.2) is 0 Å². The largest absolute Gasteiger partial charge is 0.461 e. The number of esters is 1. The molecule has 5 nitrogen and oxygen atoms in total. The van der Waals surface area contributed by atoms with Gasteiger partial charge in [-0.15, -0.1) is 0 Å². The lowest BCUT2D eigenvalue weighted by atomic mass is 10.1. The molecule has 0 atom stereocenters. The third-order valence-electron chi connectivity index (χ3n) is 5.47. The van der Waals surface area contributed by atoms with Crippen LogP contribution < -0.4 is 0 Å². The number of aryl methyl sites for hydroxylation is 2. The molecular weight excluding hydrogens is 388 g/mol. The van der Waals surface area contributed by atoms with Gasteiger partial charge in [-0.25, -0.2) is 4.79 Å². The number of nitrogens with zero attached hydrogens (tertiary/aromatic N) is 1. The average molecular weight is 419 g/mol.